The first-order valence-corrected chi connectivity index (χ1v) is 6.47. The van der Waals surface area contributed by atoms with Gasteiger partial charge in [-0.25, -0.2) is 0 Å². The lowest BCUT2D eigenvalue weighted by atomic mass is 10.2. The van der Waals surface area contributed by atoms with Crippen LogP contribution < -0.4 is 5.32 Å². The van der Waals surface area contributed by atoms with Crippen molar-refractivity contribution in [3.8, 4) is 0 Å². The van der Waals surface area contributed by atoms with Gasteiger partial charge in [0.2, 0.25) is 5.91 Å². The smallest absolute Gasteiger partial charge is 0.223 e. The van der Waals surface area contributed by atoms with E-state index in [1.165, 1.54) is 0 Å². The van der Waals surface area contributed by atoms with Crippen LogP contribution in [0, 0.1) is 11.8 Å². The number of carbonyl (C=O) groups excluding carboxylic acids is 1. The number of hydrogen-bond acceptors (Lipinski definition) is 2. The van der Waals surface area contributed by atoms with Crippen LogP contribution in [-0.4, -0.2) is 23.5 Å². The molecule has 0 saturated heterocycles. The van der Waals surface area contributed by atoms with Gasteiger partial charge in [0.25, 0.3) is 0 Å². The van der Waals surface area contributed by atoms with Crippen molar-refractivity contribution < 1.29 is 4.79 Å². The SMILES string of the molecule is CC(C)CSCC(C)C(=O)NC(C)C. The Kier molecular flexibility index (Phi) is 7.06. The van der Waals surface area contributed by atoms with Crippen LogP contribution in [0.25, 0.3) is 0 Å². The molecule has 0 rings (SSSR count). The Balaban J connectivity index is 3.62. The summed E-state index contributed by atoms with van der Waals surface area (Å²) in [6.45, 7) is 10.4. The Bertz CT molecular complexity index is 169. The van der Waals surface area contributed by atoms with E-state index in [0.717, 1.165) is 11.5 Å². The standard InChI is InChI=1S/C11H23NOS/c1-8(2)6-14-7-10(5)11(13)12-9(3)4/h8-10H,6-7H2,1-5H3,(H,12,13). The zero-order valence-corrected chi connectivity index (χ0v) is 10.8. The molecule has 3 heteroatoms. The van der Waals surface area contributed by atoms with E-state index >= 15 is 0 Å². The van der Waals surface area contributed by atoms with Crippen molar-refractivity contribution in [1.82, 2.24) is 5.32 Å². The van der Waals surface area contributed by atoms with Crippen molar-refractivity contribution in [3.63, 3.8) is 0 Å². The summed E-state index contributed by atoms with van der Waals surface area (Å²) < 4.78 is 0. The van der Waals surface area contributed by atoms with E-state index in [0.29, 0.717) is 5.92 Å². The maximum absolute atomic E-state index is 11.5. The fourth-order valence-corrected chi connectivity index (χ4v) is 2.10. The number of thioether (sulfide) groups is 1. The highest BCUT2D eigenvalue weighted by Crippen LogP contribution is 2.12. The van der Waals surface area contributed by atoms with Gasteiger partial charge in [0.05, 0.1) is 0 Å². The molecule has 1 amide bonds. The molecule has 1 N–H and O–H groups in total. The highest BCUT2D eigenvalue weighted by molar-refractivity contribution is 7.99. The largest absolute Gasteiger partial charge is 0.354 e. The summed E-state index contributed by atoms with van der Waals surface area (Å²) >= 11 is 1.86. The van der Waals surface area contributed by atoms with E-state index in [1.807, 2.05) is 32.5 Å². The van der Waals surface area contributed by atoms with Crippen molar-refractivity contribution in [1.29, 1.82) is 0 Å². The first-order chi connectivity index (χ1) is 6.43. The van der Waals surface area contributed by atoms with Crippen LogP contribution in [0.4, 0.5) is 0 Å². The molecule has 2 nitrogen and oxygen atoms in total. The van der Waals surface area contributed by atoms with Gasteiger partial charge < -0.3 is 5.32 Å². The van der Waals surface area contributed by atoms with Crippen LogP contribution in [0.2, 0.25) is 0 Å². The van der Waals surface area contributed by atoms with Gasteiger partial charge in [-0.15, -0.1) is 0 Å². The predicted octanol–water partition coefficient (Wildman–Crippen LogP) is 2.54. The van der Waals surface area contributed by atoms with Gasteiger partial charge in [-0.2, -0.15) is 11.8 Å². The molecule has 0 aromatic carbocycles. The summed E-state index contributed by atoms with van der Waals surface area (Å²) in [6, 6.07) is 0.250. The summed E-state index contributed by atoms with van der Waals surface area (Å²) in [5.74, 6) is 3.08. The minimum atomic E-state index is 0.126. The lowest BCUT2D eigenvalue weighted by Gasteiger charge is -2.14. The molecule has 0 aliphatic rings. The van der Waals surface area contributed by atoms with E-state index in [2.05, 4.69) is 19.2 Å². The third-order valence-electron chi connectivity index (χ3n) is 1.70. The van der Waals surface area contributed by atoms with Crippen LogP contribution in [0.1, 0.15) is 34.6 Å². The molecule has 0 aliphatic carbocycles. The molecule has 0 bridgehead atoms. The summed E-state index contributed by atoms with van der Waals surface area (Å²) in [7, 11) is 0. The number of amides is 1. The molecule has 1 atom stereocenters. The van der Waals surface area contributed by atoms with Gasteiger partial charge in [0, 0.05) is 17.7 Å². The lowest BCUT2D eigenvalue weighted by molar-refractivity contribution is -0.124. The van der Waals surface area contributed by atoms with Gasteiger partial charge in [-0.3, -0.25) is 4.79 Å². The highest BCUT2D eigenvalue weighted by atomic mass is 32.2. The van der Waals surface area contributed by atoms with E-state index in [1.54, 1.807) is 0 Å². The molecule has 0 radical (unpaired) electrons. The molecule has 0 aromatic rings. The van der Waals surface area contributed by atoms with Crippen molar-refractivity contribution >= 4 is 17.7 Å². The molecular formula is C11H23NOS. The number of nitrogens with one attached hydrogen (secondary N) is 1. The average Bonchev–Trinajstić information content (AvgIpc) is 2.01. The monoisotopic (exact) mass is 217 g/mol. The average molecular weight is 217 g/mol. The third-order valence-corrected chi connectivity index (χ3v) is 3.34. The summed E-state index contributed by atoms with van der Waals surface area (Å²) in [5, 5.41) is 2.93. The second kappa shape index (κ2) is 7.16. The summed E-state index contributed by atoms with van der Waals surface area (Å²) in [6.07, 6.45) is 0. The molecule has 0 aliphatic heterocycles. The molecule has 0 spiro atoms. The minimum Gasteiger partial charge on any atom is -0.354 e. The zero-order chi connectivity index (χ0) is 11.1. The zero-order valence-electron chi connectivity index (χ0n) is 9.96. The molecule has 14 heavy (non-hydrogen) atoms. The van der Waals surface area contributed by atoms with Gasteiger partial charge in [0.1, 0.15) is 0 Å². The maximum Gasteiger partial charge on any atom is 0.223 e. The van der Waals surface area contributed by atoms with Crippen molar-refractivity contribution in [2.45, 2.75) is 40.7 Å². The van der Waals surface area contributed by atoms with Crippen molar-refractivity contribution in [2.75, 3.05) is 11.5 Å². The normalized spacial score (nSPS) is 13.4. The topological polar surface area (TPSA) is 29.1 Å². The fraction of sp³-hybridized carbons (Fsp3) is 0.909. The Morgan fingerprint density at radius 1 is 1.14 bits per heavy atom. The van der Waals surface area contributed by atoms with Crippen LogP contribution >= 0.6 is 11.8 Å². The number of carbonyl (C=O) groups is 1. The van der Waals surface area contributed by atoms with Gasteiger partial charge in [-0.1, -0.05) is 20.8 Å². The molecule has 0 fully saturated rings. The Hall–Kier alpha value is -0.180. The van der Waals surface area contributed by atoms with E-state index in [4.69, 9.17) is 0 Å². The maximum atomic E-state index is 11.5. The molecule has 1 unspecified atom stereocenters. The lowest BCUT2D eigenvalue weighted by Crippen LogP contribution is -2.35. The van der Waals surface area contributed by atoms with Crippen molar-refractivity contribution in [2.24, 2.45) is 11.8 Å². The third kappa shape index (κ3) is 7.25. The molecule has 0 saturated carbocycles. The Morgan fingerprint density at radius 2 is 1.71 bits per heavy atom. The van der Waals surface area contributed by atoms with Crippen LogP contribution in [0.3, 0.4) is 0 Å². The van der Waals surface area contributed by atoms with E-state index in [9.17, 15) is 4.79 Å². The van der Waals surface area contributed by atoms with Gasteiger partial charge >= 0.3 is 0 Å². The fourth-order valence-electron chi connectivity index (χ4n) is 0.983. The Labute approximate surface area is 92.2 Å². The second-order valence-corrected chi connectivity index (χ2v) is 5.57. The van der Waals surface area contributed by atoms with Crippen LogP contribution in [0.15, 0.2) is 0 Å². The Morgan fingerprint density at radius 3 is 2.14 bits per heavy atom. The molecule has 0 aromatic heterocycles. The minimum absolute atomic E-state index is 0.126. The molecule has 84 valence electrons. The first kappa shape index (κ1) is 13.8. The molecule has 0 heterocycles. The van der Waals surface area contributed by atoms with Crippen LogP contribution in [-0.2, 0) is 4.79 Å². The first-order valence-electron chi connectivity index (χ1n) is 5.31. The van der Waals surface area contributed by atoms with E-state index < -0.39 is 0 Å². The summed E-state index contributed by atoms with van der Waals surface area (Å²) in [4.78, 5) is 11.5. The van der Waals surface area contributed by atoms with E-state index in [-0.39, 0.29) is 17.9 Å². The quantitative estimate of drug-likeness (QED) is 0.741. The van der Waals surface area contributed by atoms with Gasteiger partial charge in [0.15, 0.2) is 0 Å². The van der Waals surface area contributed by atoms with Gasteiger partial charge in [-0.05, 0) is 25.5 Å². The number of rotatable bonds is 6. The number of hydrogen-bond donors (Lipinski definition) is 1. The van der Waals surface area contributed by atoms with Crippen molar-refractivity contribution in [3.05, 3.63) is 0 Å². The molecular weight excluding hydrogens is 194 g/mol. The van der Waals surface area contributed by atoms with Crippen LogP contribution in [0.5, 0.6) is 0 Å². The predicted molar refractivity (Wildman–Crippen MR) is 64.6 cm³/mol. The summed E-state index contributed by atoms with van der Waals surface area (Å²) in [5.41, 5.74) is 0. The highest BCUT2D eigenvalue weighted by Gasteiger charge is 2.13. The second-order valence-electron chi connectivity index (χ2n) is 4.50.